The third-order valence-electron chi connectivity index (χ3n) is 5.76. The zero-order valence-electron chi connectivity index (χ0n) is 15.6. The summed E-state index contributed by atoms with van der Waals surface area (Å²) < 4.78 is 11.3. The topological polar surface area (TPSA) is 63.3 Å². The average Bonchev–Trinajstić information content (AvgIpc) is 2.87. The van der Waals surface area contributed by atoms with Crippen LogP contribution in [0.5, 0.6) is 0 Å². The predicted molar refractivity (Wildman–Crippen MR) is 112 cm³/mol. The molecule has 1 aliphatic carbocycles. The lowest BCUT2D eigenvalue weighted by Crippen LogP contribution is -2.64. The molecule has 0 unspecified atom stereocenters. The van der Waals surface area contributed by atoms with E-state index in [1.165, 1.54) is 25.7 Å². The van der Waals surface area contributed by atoms with Gasteiger partial charge in [0, 0.05) is 38.3 Å². The highest BCUT2D eigenvalue weighted by Crippen LogP contribution is 2.40. The van der Waals surface area contributed by atoms with Gasteiger partial charge in [0.05, 0.1) is 25.9 Å². The summed E-state index contributed by atoms with van der Waals surface area (Å²) in [7, 11) is 0. The maximum absolute atomic E-state index is 6.33. The number of halogens is 1. The Balaban J connectivity index is 0.00000225. The van der Waals surface area contributed by atoms with E-state index in [1.54, 1.807) is 0 Å². The predicted octanol–water partition coefficient (Wildman–Crippen LogP) is 2.06. The zero-order valence-corrected chi connectivity index (χ0v) is 18.0. The molecule has 0 bridgehead atoms. The van der Waals surface area contributed by atoms with E-state index in [4.69, 9.17) is 20.2 Å². The first-order valence-corrected chi connectivity index (χ1v) is 9.73. The third-order valence-corrected chi connectivity index (χ3v) is 5.76. The average molecular weight is 466 g/mol. The Bertz CT molecular complexity index is 415. The van der Waals surface area contributed by atoms with Gasteiger partial charge in [-0.3, -0.25) is 9.89 Å². The largest absolute Gasteiger partial charge is 0.379 e. The quantitative estimate of drug-likeness (QED) is 0.382. The number of hydrogen-bond acceptors (Lipinski definition) is 4. The summed E-state index contributed by atoms with van der Waals surface area (Å²) in [6.45, 7) is 9.42. The molecule has 0 aromatic carbocycles. The molecule has 0 radical (unpaired) electrons. The second kappa shape index (κ2) is 10.3. The lowest BCUT2D eigenvalue weighted by molar-refractivity contribution is -0.122. The maximum atomic E-state index is 6.33. The van der Waals surface area contributed by atoms with Gasteiger partial charge in [-0.25, -0.2) is 0 Å². The van der Waals surface area contributed by atoms with Gasteiger partial charge in [-0.1, -0.05) is 12.8 Å². The summed E-state index contributed by atoms with van der Waals surface area (Å²) in [6, 6.07) is 0. The normalized spacial score (nSPS) is 31.8. The lowest BCUT2D eigenvalue weighted by Gasteiger charge is -2.54. The van der Waals surface area contributed by atoms with Gasteiger partial charge < -0.3 is 20.1 Å². The van der Waals surface area contributed by atoms with E-state index >= 15 is 0 Å². The first kappa shape index (κ1) is 21.2. The minimum Gasteiger partial charge on any atom is -0.379 e. The van der Waals surface area contributed by atoms with Gasteiger partial charge >= 0.3 is 0 Å². The SMILES string of the molecule is CCOC1CC(CN=C(N)N2CCCCCC2)(N2CCOCC2)C1.I. The van der Waals surface area contributed by atoms with Gasteiger partial charge in [-0.2, -0.15) is 0 Å². The van der Waals surface area contributed by atoms with Crippen molar-refractivity contribution in [3.63, 3.8) is 0 Å². The molecule has 7 heteroatoms. The first-order chi connectivity index (χ1) is 11.7. The van der Waals surface area contributed by atoms with Crippen LogP contribution in [0.2, 0.25) is 0 Å². The highest BCUT2D eigenvalue weighted by Gasteiger charge is 2.49. The van der Waals surface area contributed by atoms with Gasteiger partial charge in [-0.15, -0.1) is 24.0 Å². The van der Waals surface area contributed by atoms with Gasteiger partial charge in [-0.05, 0) is 32.6 Å². The zero-order chi connectivity index (χ0) is 16.8. The van der Waals surface area contributed by atoms with E-state index in [0.29, 0.717) is 6.10 Å². The van der Waals surface area contributed by atoms with Crippen LogP contribution in [-0.4, -0.2) is 79.9 Å². The highest BCUT2D eigenvalue weighted by molar-refractivity contribution is 14.0. The van der Waals surface area contributed by atoms with Crippen LogP contribution in [0.25, 0.3) is 0 Å². The smallest absolute Gasteiger partial charge is 0.191 e. The molecule has 3 fully saturated rings. The number of guanidine groups is 1. The van der Waals surface area contributed by atoms with Crippen molar-refractivity contribution in [2.24, 2.45) is 10.7 Å². The highest BCUT2D eigenvalue weighted by atomic mass is 127. The van der Waals surface area contributed by atoms with Gasteiger partial charge in [0.25, 0.3) is 0 Å². The maximum Gasteiger partial charge on any atom is 0.191 e. The Kier molecular flexibility index (Phi) is 8.71. The lowest BCUT2D eigenvalue weighted by atomic mass is 9.72. The summed E-state index contributed by atoms with van der Waals surface area (Å²) in [5, 5.41) is 0. The molecule has 3 rings (SSSR count). The Morgan fingerprint density at radius 3 is 2.36 bits per heavy atom. The molecule has 2 saturated heterocycles. The number of aliphatic imine (C=N–C) groups is 1. The Labute approximate surface area is 169 Å². The van der Waals surface area contributed by atoms with E-state index in [0.717, 1.165) is 71.3 Å². The standard InChI is InChI=1S/C18H34N4O2.HI/c1-2-24-16-13-18(14-16,22-9-11-23-12-10-22)15-20-17(19)21-7-5-3-4-6-8-21;/h16H,2-15H2,1H3,(H2,19,20);1H. The van der Waals surface area contributed by atoms with Crippen molar-refractivity contribution < 1.29 is 9.47 Å². The molecule has 146 valence electrons. The van der Waals surface area contributed by atoms with Gasteiger partial charge in [0.2, 0.25) is 0 Å². The molecule has 0 aromatic rings. The van der Waals surface area contributed by atoms with E-state index in [-0.39, 0.29) is 29.5 Å². The number of likely N-dealkylation sites (tertiary alicyclic amines) is 1. The van der Waals surface area contributed by atoms with E-state index in [2.05, 4.69) is 16.7 Å². The van der Waals surface area contributed by atoms with Gasteiger partial charge in [0.1, 0.15) is 0 Å². The second-order valence-electron chi connectivity index (χ2n) is 7.39. The molecule has 0 amide bonds. The number of nitrogens with zero attached hydrogens (tertiary/aromatic N) is 3. The molecular weight excluding hydrogens is 431 g/mol. The summed E-state index contributed by atoms with van der Waals surface area (Å²) in [5.41, 5.74) is 6.45. The molecule has 3 aliphatic rings. The van der Waals surface area contributed by atoms with Crippen molar-refractivity contribution in [1.29, 1.82) is 0 Å². The molecule has 25 heavy (non-hydrogen) atoms. The van der Waals surface area contributed by atoms with Crippen LogP contribution in [0.3, 0.4) is 0 Å². The fourth-order valence-electron chi connectivity index (χ4n) is 4.29. The Morgan fingerprint density at radius 2 is 1.76 bits per heavy atom. The van der Waals surface area contributed by atoms with Crippen molar-refractivity contribution >= 4 is 29.9 Å². The van der Waals surface area contributed by atoms with Crippen molar-refractivity contribution in [2.75, 3.05) is 52.5 Å². The minimum atomic E-state index is 0. The molecule has 1 saturated carbocycles. The van der Waals surface area contributed by atoms with Crippen LogP contribution >= 0.6 is 24.0 Å². The fraction of sp³-hybridized carbons (Fsp3) is 0.944. The van der Waals surface area contributed by atoms with Crippen LogP contribution in [0.15, 0.2) is 4.99 Å². The van der Waals surface area contributed by atoms with Crippen LogP contribution in [0.1, 0.15) is 45.4 Å². The second-order valence-corrected chi connectivity index (χ2v) is 7.39. The number of rotatable bonds is 5. The third kappa shape index (κ3) is 5.43. The van der Waals surface area contributed by atoms with Crippen LogP contribution in [0, 0.1) is 0 Å². The number of hydrogen-bond donors (Lipinski definition) is 1. The number of nitrogens with two attached hydrogens (primary N) is 1. The van der Waals surface area contributed by atoms with Crippen LogP contribution < -0.4 is 5.73 Å². The van der Waals surface area contributed by atoms with Crippen LogP contribution in [0.4, 0.5) is 0 Å². The van der Waals surface area contributed by atoms with E-state index in [1.807, 2.05) is 0 Å². The summed E-state index contributed by atoms with van der Waals surface area (Å²) in [5.74, 6) is 0.740. The molecule has 2 aliphatic heterocycles. The summed E-state index contributed by atoms with van der Waals surface area (Å²) >= 11 is 0. The first-order valence-electron chi connectivity index (χ1n) is 9.73. The van der Waals surface area contributed by atoms with Crippen molar-refractivity contribution in [2.45, 2.75) is 57.1 Å². The Morgan fingerprint density at radius 1 is 1.12 bits per heavy atom. The molecular formula is C18H35IN4O2. The fourth-order valence-corrected chi connectivity index (χ4v) is 4.29. The molecule has 2 N–H and O–H groups in total. The Hall–Kier alpha value is -0.120. The summed E-state index contributed by atoms with van der Waals surface area (Å²) in [4.78, 5) is 9.67. The van der Waals surface area contributed by atoms with Crippen molar-refractivity contribution in [3.05, 3.63) is 0 Å². The van der Waals surface area contributed by atoms with Crippen molar-refractivity contribution in [3.8, 4) is 0 Å². The van der Waals surface area contributed by atoms with Crippen molar-refractivity contribution in [1.82, 2.24) is 9.80 Å². The van der Waals surface area contributed by atoms with Gasteiger partial charge in [0.15, 0.2) is 5.96 Å². The summed E-state index contributed by atoms with van der Waals surface area (Å²) in [6.07, 6.45) is 7.62. The minimum absolute atomic E-state index is 0. The molecule has 0 spiro atoms. The molecule has 0 aromatic heterocycles. The molecule has 6 nitrogen and oxygen atoms in total. The molecule has 0 atom stereocenters. The van der Waals surface area contributed by atoms with E-state index < -0.39 is 0 Å². The monoisotopic (exact) mass is 466 g/mol. The molecule has 2 heterocycles. The number of morpholine rings is 1. The van der Waals surface area contributed by atoms with E-state index in [9.17, 15) is 0 Å². The van der Waals surface area contributed by atoms with Crippen LogP contribution in [-0.2, 0) is 9.47 Å². The number of ether oxygens (including phenoxy) is 2.